The van der Waals surface area contributed by atoms with Gasteiger partial charge in [0.1, 0.15) is 12.4 Å². The molecule has 0 aromatic heterocycles. The number of likely N-dealkylation sites (N-methyl/N-ethyl adjacent to an activating group) is 1. The van der Waals surface area contributed by atoms with Crippen LogP contribution >= 0.6 is 0 Å². The maximum Gasteiger partial charge on any atom is 0.329 e. The molecule has 0 bridgehead atoms. The van der Waals surface area contributed by atoms with Crippen LogP contribution in [0.4, 0.5) is 0 Å². The average molecular weight is 263 g/mol. The highest BCUT2D eigenvalue weighted by Gasteiger charge is 2.52. The molecule has 1 aliphatic carbocycles. The molecule has 1 aromatic carbocycles. The van der Waals surface area contributed by atoms with E-state index in [0.29, 0.717) is 19.1 Å². The summed E-state index contributed by atoms with van der Waals surface area (Å²) in [6.45, 7) is 3.01. The number of hydrogen-bond acceptors (Lipinski definition) is 4. The van der Waals surface area contributed by atoms with Gasteiger partial charge in [-0.25, -0.2) is 4.79 Å². The van der Waals surface area contributed by atoms with E-state index in [1.165, 1.54) is 7.11 Å². The molecular weight excluding hydrogens is 242 g/mol. The summed E-state index contributed by atoms with van der Waals surface area (Å²) in [5.41, 5.74) is -0.709. The van der Waals surface area contributed by atoms with Crippen LogP contribution in [-0.2, 0) is 9.53 Å². The summed E-state index contributed by atoms with van der Waals surface area (Å²) in [5.74, 6) is 0.853. The molecule has 1 aromatic rings. The van der Waals surface area contributed by atoms with Crippen LogP contribution in [0.3, 0.4) is 0 Å². The number of esters is 1. The summed E-state index contributed by atoms with van der Waals surface area (Å²) < 4.78 is 10.8. The number of ether oxygens (including phenoxy) is 2. The Balaban J connectivity index is 2.10. The lowest BCUT2D eigenvalue weighted by atomic mass is 9.94. The van der Waals surface area contributed by atoms with Crippen LogP contribution in [0.2, 0.25) is 0 Å². The minimum atomic E-state index is -0.709. The summed E-state index contributed by atoms with van der Waals surface area (Å²) in [7, 11) is 1.43. The number of nitrogens with one attached hydrogen (secondary N) is 1. The SMILES string of the molecule is CCNC(COc1ccccc1)(C(=O)OC)C1CC1. The van der Waals surface area contributed by atoms with Crippen molar-refractivity contribution in [1.82, 2.24) is 5.32 Å². The second-order valence-electron chi connectivity index (χ2n) is 4.87. The molecule has 1 atom stereocenters. The molecule has 0 amide bonds. The molecule has 0 aliphatic heterocycles. The van der Waals surface area contributed by atoms with Gasteiger partial charge in [-0.3, -0.25) is 5.32 Å². The van der Waals surface area contributed by atoms with Crippen molar-refractivity contribution in [2.75, 3.05) is 20.3 Å². The topological polar surface area (TPSA) is 47.6 Å². The number of benzene rings is 1. The summed E-state index contributed by atoms with van der Waals surface area (Å²) in [6, 6.07) is 9.55. The summed E-state index contributed by atoms with van der Waals surface area (Å²) >= 11 is 0. The van der Waals surface area contributed by atoms with Crippen LogP contribution in [0, 0.1) is 5.92 Å². The third kappa shape index (κ3) is 3.07. The highest BCUT2D eigenvalue weighted by molar-refractivity contribution is 5.82. The maximum absolute atomic E-state index is 12.2. The van der Waals surface area contributed by atoms with Crippen LogP contribution in [0.15, 0.2) is 30.3 Å². The Bertz CT molecular complexity index is 417. The fourth-order valence-corrected chi connectivity index (χ4v) is 2.40. The van der Waals surface area contributed by atoms with E-state index in [-0.39, 0.29) is 5.97 Å². The Hall–Kier alpha value is -1.55. The van der Waals surface area contributed by atoms with Crippen LogP contribution in [0.1, 0.15) is 19.8 Å². The van der Waals surface area contributed by atoms with Crippen molar-refractivity contribution in [2.24, 2.45) is 5.92 Å². The van der Waals surface area contributed by atoms with Crippen LogP contribution in [-0.4, -0.2) is 31.8 Å². The smallest absolute Gasteiger partial charge is 0.329 e. The second kappa shape index (κ2) is 6.06. The molecule has 1 aliphatic rings. The molecule has 0 heterocycles. The van der Waals surface area contributed by atoms with Gasteiger partial charge in [-0.05, 0) is 37.4 Å². The normalized spacial score (nSPS) is 17.6. The zero-order chi connectivity index (χ0) is 13.7. The highest BCUT2D eigenvalue weighted by atomic mass is 16.5. The molecule has 4 heteroatoms. The highest BCUT2D eigenvalue weighted by Crippen LogP contribution is 2.40. The maximum atomic E-state index is 12.2. The Morgan fingerprint density at radius 1 is 1.37 bits per heavy atom. The molecule has 1 fully saturated rings. The van der Waals surface area contributed by atoms with Crippen LogP contribution < -0.4 is 10.1 Å². The molecule has 1 N–H and O–H groups in total. The number of carbonyl (C=O) groups is 1. The first kappa shape index (κ1) is 13.9. The van der Waals surface area contributed by atoms with Gasteiger partial charge < -0.3 is 9.47 Å². The third-order valence-electron chi connectivity index (χ3n) is 3.53. The fourth-order valence-electron chi connectivity index (χ4n) is 2.40. The Morgan fingerprint density at radius 3 is 2.58 bits per heavy atom. The Kier molecular flexibility index (Phi) is 4.43. The standard InChI is InChI=1S/C15H21NO3/c1-3-16-15(12-9-10-12,14(17)18-2)11-19-13-7-5-4-6-8-13/h4-8,12,16H,3,9-11H2,1-2H3. The lowest BCUT2D eigenvalue weighted by molar-refractivity contribution is -0.151. The van der Waals surface area contributed by atoms with Crippen molar-refractivity contribution in [3.05, 3.63) is 30.3 Å². The van der Waals surface area contributed by atoms with Gasteiger partial charge in [0.25, 0.3) is 0 Å². The summed E-state index contributed by atoms with van der Waals surface area (Å²) in [5, 5.41) is 3.28. The Morgan fingerprint density at radius 2 is 2.05 bits per heavy atom. The van der Waals surface area contributed by atoms with E-state index in [2.05, 4.69) is 5.32 Å². The minimum Gasteiger partial charge on any atom is -0.491 e. The van der Waals surface area contributed by atoms with Crippen molar-refractivity contribution in [1.29, 1.82) is 0 Å². The van der Waals surface area contributed by atoms with Crippen LogP contribution in [0.25, 0.3) is 0 Å². The molecule has 19 heavy (non-hydrogen) atoms. The summed E-state index contributed by atoms with van der Waals surface area (Å²) in [4.78, 5) is 12.2. The number of rotatable bonds is 7. The largest absolute Gasteiger partial charge is 0.491 e. The molecule has 0 radical (unpaired) electrons. The van der Waals surface area contributed by atoms with E-state index < -0.39 is 5.54 Å². The first-order valence-electron chi connectivity index (χ1n) is 6.74. The second-order valence-corrected chi connectivity index (χ2v) is 4.87. The zero-order valence-corrected chi connectivity index (χ0v) is 11.5. The molecule has 4 nitrogen and oxygen atoms in total. The fraction of sp³-hybridized carbons (Fsp3) is 0.533. The molecule has 2 rings (SSSR count). The lowest BCUT2D eigenvalue weighted by Crippen LogP contribution is -2.58. The summed E-state index contributed by atoms with van der Waals surface area (Å²) in [6.07, 6.45) is 2.08. The van der Waals surface area contributed by atoms with E-state index in [0.717, 1.165) is 18.6 Å². The van der Waals surface area contributed by atoms with Gasteiger partial charge in [0, 0.05) is 0 Å². The van der Waals surface area contributed by atoms with E-state index in [9.17, 15) is 4.79 Å². The predicted octanol–water partition coefficient (Wildman–Crippen LogP) is 2.00. The zero-order valence-electron chi connectivity index (χ0n) is 11.5. The lowest BCUT2D eigenvalue weighted by Gasteiger charge is -2.31. The van der Waals surface area contributed by atoms with Gasteiger partial charge in [-0.15, -0.1) is 0 Å². The first-order valence-corrected chi connectivity index (χ1v) is 6.74. The number of hydrogen-bond donors (Lipinski definition) is 1. The van der Waals surface area contributed by atoms with Gasteiger partial charge in [-0.1, -0.05) is 25.1 Å². The number of carbonyl (C=O) groups excluding carboxylic acids is 1. The first-order chi connectivity index (χ1) is 9.23. The van der Waals surface area contributed by atoms with E-state index in [1.54, 1.807) is 0 Å². The van der Waals surface area contributed by atoms with Crippen molar-refractivity contribution >= 4 is 5.97 Å². The van der Waals surface area contributed by atoms with Gasteiger partial charge in [0.05, 0.1) is 7.11 Å². The Labute approximate surface area is 114 Å². The van der Waals surface area contributed by atoms with Gasteiger partial charge in [0.2, 0.25) is 0 Å². The molecule has 104 valence electrons. The molecule has 1 saturated carbocycles. The molecule has 0 saturated heterocycles. The van der Waals surface area contributed by atoms with Crippen molar-refractivity contribution in [3.63, 3.8) is 0 Å². The molecular formula is C15H21NO3. The average Bonchev–Trinajstić information content (AvgIpc) is 3.28. The van der Waals surface area contributed by atoms with Gasteiger partial charge in [-0.2, -0.15) is 0 Å². The number of para-hydroxylation sites is 1. The van der Waals surface area contributed by atoms with Crippen molar-refractivity contribution < 1.29 is 14.3 Å². The quantitative estimate of drug-likeness (QED) is 0.764. The molecule has 0 spiro atoms. The number of methoxy groups -OCH3 is 1. The van der Waals surface area contributed by atoms with E-state index >= 15 is 0 Å². The van der Waals surface area contributed by atoms with Gasteiger partial charge >= 0.3 is 5.97 Å². The third-order valence-corrected chi connectivity index (χ3v) is 3.53. The monoisotopic (exact) mass is 263 g/mol. The predicted molar refractivity (Wildman–Crippen MR) is 73.1 cm³/mol. The van der Waals surface area contributed by atoms with Crippen molar-refractivity contribution in [2.45, 2.75) is 25.3 Å². The van der Waals surface area contributed by atoms with Gasteiger partial charge in [0.15, 0.2) is 5.54 Å². The minimum absolute atomic E-state index is 0.229. The molecule has 1 unspecified atom stereocenters. The van der Waals surface area contributed by atoms with E-state index in [1.807, 2.05) is 37.3 Å². The van der Waals surface area contributed by atoms with Crippen LogP contribution in [0.5, 0.6) is 5.75 Å². The van der Waals surface area contributed by atoms with Crippen molar-refractivity contribution in [3.8, 4) is 5.75 Å². The van der Waals surface area contributed by atoms with E-state index in [4.69, 9.17) is 9.47 Å².